The molecule has 0 spiro atoms. The molecule has 1 aliphatic rings. The van der Waals surface area contributed by atoms with E-state index in [-0.39, 0.29) is 0 Å². The van der Waals surface area contributed by atoms with Crippen molar-refractivity contribution in [2.75, 3.05) is 46.8 Å². The Hall–Kier alpha value is -0.120. The molecule has 0 aromatic heterocycles. The third-order valence-corrected chi connectivity index (χ3v) is 3.66. The second-order valence-corrected chi connectivity index (χ2v) is 5.63. The lowest BCUT2D eigenvalue weighted by Gasteiger charge is -2.41. The molecule has 1 N–H and O–H groups in total. The molecule has 1 fully saturated rings. The van der Waals surface area contributed by atoms with Crippen molar-refractivity contribution in [3.05, 3.63) is 0 Å². The number of nitrogens with zero attached hydrogens (tertiary/aromatic N) is 2. The highest BCUT2D eigenvalue weighted by Crippen LogP contribution is 2.15. The minimum atomic E-state index is 0.347. The highest BCUT2D eigenvalue weighted by Gasteiger charge is 2.27. The van der Waals surface area contributed by atoms with E-state index in [1.54, 1.807) is 0 Å². The molecule has 0 bridgehead atoms. The van der Waals surface area contributed by atoms with E-state index in [1.807, 2.05) is 0 Å². The molecular weight excluding hydrogens is 198 g/mol. The quantitative estimate of drug-likeness (QED) is 0.692. The standard InChI is InChI=1S/C13H29N3/c1-5-13(2)12-16(11-8-14-13)10-7-6-9-15(3)4/h14H,5-12H2,1-4H3. The van der Waals surface area contributed by atoms with E-state index < -0.39 is 0 Å². The lowest BCUT2D eigenvalue weighted by Crippen LogP contribution is -2.58. The van der Waals surface area contributed by atoms with Crippen molar-refractivity contribution < 1.29 is 0 Å². The molecule has 3 nitrogen and oxygen atoms in total. The van der Waals surface area contributed by atoms with Gasteiger partial charge in [-0.05, 0) is 53.4 Å². The van der Waals surface area contributed by atoms with Crippen LogP contribution >= 0.6 is 0 Å². The average molecular weight is 227 g/mol. The van der Waals surface area contributed by atoms with Crippen LogP contribution in [0.15, 0.2) is 0 Å². The van der Waals surface area contributed by atoms with E-state index in [4.69, 9.17) is 0 Å². The fraction of sp³-hybridized carbons (Fsp3) is 1.00. The van der Waals surface area contributed by atoms with Crippen LogP contribution < -0.4 is 5.32 Å². The van der Waals surface area contributed by atoms with Gasteiger partial charge < -0.3 is 15.1 Å². The first-order valence-electron chi connectivity index (χ1n) is 6.68. The molecule has 1 rings (SSSR count). The van der Waals surface area contributed by atoms with Crippen molar-refractivity contribution in [1.82, 2.24) is 15.1 Å². The molecule has 0 aromatic carbocycles. The van der Waals surface area contributed by atoms with Gasteiger partial charge >= 0.3 is 0 Å². The number of hydrogen-bond acceptors (Lipinski definition) is 3. The van der Waals surface area contributed by atoms with Crippen LogP contribution in [0.2, 0.25) is 0 Å². The van der Waals surface area contributed by atoms with Gasteiger partial charge in [0, 0.05) is 25.2 Å². The summed E-state index contributed by atoms with van der Waals surface area (Å²) in [5.41, 5.74) is 0.347. The number of piperazine rings is 1. The topological polar surface area (TPSA) is 18.5 Å². The minimum Gasteiger partial charge on any atom is -0.309 e. The molecule has 1 aliphatic heterocycles. The zero-order chi connectivity index (χ0) is 12.0. The molecular formula is C13H29N3. The maximum atomic E-state index is 3.63. The molecule has 0 aliphatic carbocycles. The summed E-state index contributed by atoms with van der Waals surface area (Å²) in [7, 11) is 4.30. The number of rotatable bonds is 6. The molecule has 1 atom stereocenters. The first-order chi connectivity index (χ1) is 7.56. The summed E-state index contributed by atoms with van der Waals surface area (Å²) < 4.78 is 0. The first kappa shape index (κ1) is 13.9. The van der Waals surface area contributed by atoms with Crippen LogP contribution in [-0.4, -0.2) is 62.2 Å². The molecule has 0 saturated carbocycles. The molecule has 1 heterocycles. The van der Waals surface area contributed by atoms with E-state index in [0.29, 0.717) is 5.54 Å². The Labute approximate surface area is 101 Å². The zero-order valence-electron chi connectivity index (χ0n) is 11.6. The molecule has 16 heavy (non-hydrogen) atoms. The first-order valence-corrected chi connectivity index (χ1v) is 6.68. The van der Waals surface area contributed by atoms with Crippen LogP contribution in [0, 0.1) is 0 Å². The van der Waals surface area contributed by atoms with Crippen molar-refractivity contribution in [2.24, 2.45) is 0 Å². The predicted molar refractivity (Wildman–Crippen MR) is 70.9 cm³/mol. The van der Waals surface area contributed by atoms with Crippen molar-refractivity contribution in [3.8, 4) is 0 Å². The van der Waals surface area contributed by atoms with Gasteiger partial charge in [0.15, 0.2) is 0 Å². The molecule has 0 radical (unpaired) electrons. The van der Waals surface area contributed by atoms with E-state index in [1.165, 1.54) is 45.4 Å². The maximum absolute atomic E-state index is 3.63. The van der Waals surface area contributed by atoms with E-state index in [9.17, 15) is 0 Å². The van der Waals surface area contributed by atoms with Crippen LogP contribution in [0.1, 0.15) is 33.1 Å². The van der Waals surface area contributed by atoms with Gasteiger partial charge in [0.1, 0.15) is 0 Å². The number of hydrogen-bond donors (Lipinski definition) is 1. The van der Waals surface area contributed by atoms with Crippen molar-refractivity contribution in [2.45, 2.75) is 38.6 Å². The van der Waals surface area contributed by atoms with Gasteiger partial charge in [0.05, 0.1) is 0 Å². The summed E-state index contributed by atoms with van der Waals surface area (Å²) >= 11 is 0. The summed E-state index contributed by atoms with van der Waals surface area (Å²) in [6, 6.07) is 0. The van der Waals surface area contributed by atoms with Crippen LogP contribution in [0.3, 0.4) is 0 Å². The van der Waals surface area contributed by atoms with Crippen LogP contribution in [0.25, 0.3) is 0 Å². The number of nitrogens with one attached hydrogen (secondary N) is 1. The summed E-state index contributed by atoms with van der Waals surface area (Å²) in [6.45, 7) is 10.7. The highest BCUT2D eigenvalue weighted by atomic mass is 15.2. The maximum Gasteiger partial charge on any atom is 0.0278 e. The molecule has 1 saturated heterocycles. The zero-order valence-corrected chi connectivity index (χ0v) is 11.6. The van der Waals surface area contributed by atoms with Crippen LogP contribution in [-0.2, 0) is 0 Å². The second kappa shape index (κ2) is 6.58. The summed E-state index contributed by atoms with van der Waals surface area (Å²) in [4.78, 5) is 4.89. The monoisotopic (exact) mass is 227 g/mol. The van der Waals surface area contributed by atoms with Gasteiger partial charge in [0.2, 0.25) is 0 Å². The van der Waals surface area contributed by atoms with Gasteiger partial charge in [-0.15, -0.1) is 0 Å². The lowest BCUT2D eigenvalue weighted by atomic mass is 9.96. The van der Waals surface area contributed by atoms with Gasteiger partial charge in [-0.25, -0.2) is 0 Å². The second-order valence-electron chi connectivity index (χ2n) is 5.63. The summed E-state index contributed by atoms with van der Waals surface area (Å²) in [5.74, 6) is 0. The minimum absolute atomic E-state index is 0.347. The summed E-state index contributed by atoms with van der Waals surface area (Å²) in [6.07, 6.45) is 3.87. The van der Waals surface area contributed by atoms with E-state index in [0.717, 1.165) is 6.54 Å². The largest absolute Gasteiger partial charge is 0.309 e. The molecule has 1 unspecified atom stereocenters. The third kappa shape index (κ3) is 4.81. The van der Waals surface area contributed by atoms with E-state index >= 15 is 0 Å². The Morgan fingerprint density at radius 3 is 2.69 bits per heavy atom. The Morgan fingerprint density at radius 2 is 2.06 bits per heavy atom. The predicted octanol–water partition coefficient (Wildman–Crippen LogP) is 1.40. The smallest absolute Gasteiger partial charge is 0.0278 e. The third-order valence-electron chi connectivity index (χ3n) is 3.66. The lowest BCUT2D eigenvalue weighted by molar-refractivity contribution is 0.137. The fourth-order valence-corrected chi connectivity index (χ4v) is 2.34. The van der Waals surface area contributed by atoms with Crippen molar-refractivity contribution >= 4 is 0 Å². The Bertz CT molecular complexity index is 194. The van der Waals surface area contributed by atoms with Gasteiger partial charge in [-0.3, -0.25) is 0 Å². The molecule has 3 heteroatoms. The Balaban J connectivity index is 2.17. The van der Waals surface area contributed by atoms with Crippen LogP contribution in [0.4, 0.5) is 0 Å². The molecule has 0 aromatic rings. The molecule has 96 valence electrons. The fourth-order valence-electron chi connectivity index (χ4n) is 2.34. The Morgan fingerprint density at radius 1 is 1.31 bits per heavy atom. The van der Waals surface area contributed by atoms with Gasteiger partial charge in [-0.1, -0.05) is 6.92 Å². The number of unbranched alkanes of at least 4 members (excludes halogenated alkanes) is 1. The summed E-state index contributed by atoms with van der Waals surface area (Å²) in [5, 5.41) is 3.63. The van der Waals surface area contributed by atoms with Crippen molar-refractivity contribution in [3.63, 3.8) is 0 Å². The molecule has 0 amide bonds. The van der Waals surface area contributed by atoms with Crippen molar-refractivity contribution in [1.29, 1.82) is 0 Å². The van der Waals surface area contributed by atoms with Gasteiger partial charge in [0.25, 0.3) is 0 Å². The SMILES string of the molecule is CCC1(C)CN(CCCCN(C)C)CCN1. The average Bonchev–Trinajstić information content (AvgIpc) is 2.24. The van der Waals surface area contributed by atoms with Crippen LogP contribution in [0.5, 0.6) is 0 Å². The van der Waals surface area contributed by atoms with Gasteiger partial charge in [-0.2, -0.15) is 0 Å². The normalized spacial score (nSPS) is 27.6. The van der Waals surface area contributed by atoms with E-state index in [2.05, 4.69) is 43.1 Å². The Kier molecular flexibility index (Phi) is 5.73. The highest BCUT2D eigenvalue weighted by molar-refractivity contribution is 4.89.